The molecule has 1 aromatic carbocycles. The largest absolute Gasteiger partial charge is 0.454 e. The lowest BCUT2D eigenvalue weighted by molar-refractivity contribution is -0.162. The highest BCUT2D eigenvalue weighted by atomic mass is 16.7. The van der Waals surface area contributed by atoms with Crippen LogP contribution in [0.15, 0.2) is 42.5 Å². The molecule has 6 nitrogen and oxygen atoms in total. The maximum Gasteiger partial charge on any atom is 0.338 e. The zero-order chi connectivity index (χ0) is 24.4. The van der Waals surface area contributed by atoms with Crippen molar-refractivity contribution in [2.24, 2.45) is 0 Å². The Hall–Kier alpha value is -2.17. The summed E-state index contributed by atoms with van der Waals surface area (Å²) < 4.78 is 28.1. The van der Waals surface area contributed by atoms with Gasteiger partial charge in [-0.25, -0.2) is 4.79 Å². The summed E-state index contributed by atoms with van der Waals surface area (Å²) in [7, 11) is 0. The van der Waals surface area contributed by atoms with E-state index < -0.39 is 6.10 Å². The Morgan fingerprint density at radius 1 is 0.971 bits per heavy atom. The molecule has 192 valence electrons. The second-order valence-electron chi connectivity index (χ2n) is 8.94. The van der Waals surface area contributed by atoms with Crippen molar-refractivity contribution in [3.8, 4) is 11.8 Å². The van der Waals surface area contributed by atoms with Crippen LogP contribution < -0.4 is 0 Å². The summed E-state index contributed by atoms with van der Waals surface area (Å²) >= 11 is 0. The standard InChI is InChI=1S/C29H40O6/c30-29(25-16-10-9-11-17-25)35-26(24-28-33-22-23-34-28)18-12-7-5-3-1-2-4-6-8-14-20-31-27-19-13-15-21-32-27/h9-12,16-18,26-28H,1-4,6,8,13-15,19-24H2/b18-12+. The molecule has 2 aliphatic heterocycles. The summed E-state index contributed by atoms with van der Waals surface area (Å²) in [6, 6.07) is 8.99. The van der Waals surface area contributed by atoms with Crippen molar-refractivity contribution in [2.45, 2.75) is 89.3 Å². The first-order valence-corrected chi connectivity index (χ1v) is 13.2. The van der Waals surface area contributed by atoms with Crippen molar-refractivity contribution in [1.29, 1.82) is 0 Å². The van der Waals surface area contributed by atoms with Crippen molar-refractivity contribution in [1.82, 2.24) is 0 Å². The fourth-order valence-electron chi connectivity index (χ4n) is 4.05. The zero-order valence-electron chi connectivity index (χ0n) is 20.8. The summed E-state index contributed by atoms with van der Waals surface area (Å²) in [6.07, 6.45) is 14.6. The Balaban J connectivity index is 1.26. The van der Waals surface area contributed by atoms with Crippen molar-refractivity contribution in [3.05, 3.63) is 48.0 Å². The Kier molecular flexibility index (Phi) is 13.5. The van der Waals surface area contributed by atoms with Crippen LogP contribution in [0.4, 0.5) is 0 Å². The lowest BCUT2D eigenvalue weighted by Gasteiger charge is -2.22. The lowest BCUT2D eigenvalue weighted by Crippen LogP contribution is -2.23. The number of allylic oxidation sites excluding steroid dienone is 1. The monoisotopic (exact) mass is 484 g/mol. The maximum absolute atomic E-state index is 12.4. The number of rotatable bonds is 14. The van der Waals surface area contributed by atoms with Crippen LogP contribution in [0.2, 0.25) is 0 Å². The van der Waals surface area contributed by atoms with Crippen molar-refractivity contribution < 1.29 is 28.5 Å². The first-order valence-electron chi connectivity index (χ1n) is 13.2. The van der Waals surface area contributed by atoms with Crippen molar-refractivity contribution >= 4 is 5.97 Å². The number of carbonyl (C=O) groups is 1. The molecule has 0 bridgehead atoms. The smallest absolute Gasteiger partial charge is 0.338 e. The normalized spacial score (nSPS) is 19.4. The van der Waals surface area contributed by atoms with Gasteiger partial charge < -0.3 is 23.7 Å². The molecule has 2 saturated heterocycles. The van der Waals surface area contributed by atoms with Gasteiger partial charge in [0.25, 0.3) is 0 Å². The van der Waals surface area contributed by atoms with Crippen LogP contribution in [0.1, 0.15) is 81.0 Å². The van der Waals surface area contributed by atoms with Gasteiger partial charge in [0.15, 0.2) is 12.6 Å². The molecule has 0 radical (unpaired) electrons. The van der Waals surface area contributed by atoms with Crippen LogP contribution >= 0.6 is 0 Å². The molecule has 1 aromatic rings. The number of esters is 1. The van der Waals surface area contributed by atoms with Crippen LogP contribution in [-0.4, -0.2) is 51.1 Å². The molecule has 0 aromatic heterocycles. The Bertz CT molecular complexity index is 784. The molecule has 0 amide bonds. The van der Waals surface area contributed by atoms with E-state index in [9.17, 15) is 4.79 Å². The van der Waals surface area contributed by atoms with Gasteiger partial charge in [0.2, 0.25) is 0 Å². The van der Waals surface area contributed by atoms with Gasteiger partial charge in [-0.2, -0.15) is 0 Å². The predicted molar refractivity (Wildman–Crippen MR) is 135 cm³/mol. The minimum absolute atomic E-state index is 0.0342. The third-order valence-corrected chi connectivity index (χ3v) is 6.02. The van der Waals surface area contributed by atoms with E-state index >= 15 is 0 Å². The van der Waals surface area contributed by atoms with Crippen LogP contribution in [0.5, 0.6) is 0 Å². The van der Waals surface area contributed by atoms with E-state index in [2.05, 4.69) is 11.8 Å². The molecular formula is C29H40O6. The van der Waals surface area contributed by atoms with E-state index in [1.165, 1.54) is 32.1 Å². The molecule has 2 heterocycles. The van der Waals surface area contributed by atoms with Crippen LogP contribution in [0, 0.1) is 11.8 Å². The van der Waals surface area contributed by atoms with Gasteiger partial charge in [-0.15, -0.1) is 0 Å². The summed E-state index contributed by atoms with van der Waals surface area (Å²) in [4.78, 5) is 12.4. The zero-order valence-corrected chi connectivity index (χ0v) is 20.8. The third-order valence-electron chi connectivity index (χ3n) is 6.02. The molecule has 0 N–H and O–H groups in total. The number of hydrogen-bond acceptors (Lipinski definition) is 6. The fourth-order valence-corrected chi connectivity index (χ4v) is 4.05. The van der Waals surface area contributed by atoms with E-state index in [0.29, 0.717) is 25.2 Å². The van der Waals surface area contributed by atoms with Crippen LogP contribution in [0.25, 0.3) is 0 Å². The average molecular weight is 485 g/mol. The van der Waals surface area contributed by atoms with Gasteiger partial charge in [-0.3, -0.25) is 0 Å². The molecule has 0 aliphatic carbocycles. The number of hydrogen-bond donors (Lipinski definition) is 0. The number of ether oxygens (including phenoxy) is 5. The SMILES string of the molecule is O=C(OC(/C=C/C#CCCCCCCCCOC1CCCCO1)CC1OCCO1)c1ccccc1. The van der Waals surface area contributed by atoms with Gasteiger partial charge in [-0.05, 0) is 56.4 Å². The van der Waals surface area contributed by atoms with E-state index in [1.54, 1.807) is 18.2 Å². The van der Waals surface area contributed by atoms with Crippen LogP contribution in [-0.2, 0) is 23.7 Å². The third kappa shape index (κ3) is 11.9. The second-order valence-corrected chi connectivity index (χ2v) is 8.94. The molecule has 0 saturated carbocycles. The Morgan fingerprint density at radius 3 is 2.51 bits per heavy atom. The molecule has 0 spiro atoms. The van der Waals surface area contributed by atoms with Gasteiger partial charge in [0, 0.05) is 26.1 Å². The predicted octanol–water partition coefficient (Wildman–Crippen LogP) is 5.81. The van der Waals surface area contributed by atoms with Gasteiger partial charge in [-0.1, -0.05) is 55.7 Å². The van der Waals surface area contributed by atoms with Gasteiger partial charge in [0.1, 0.15) is 6.10 Å². The highest BCUT2D eigenvalue weighted by Crippen LogP contribution is 2.16. The quantitative estimate of drug-likeness (QED) is 0.189. The molecular weight excluding hydrogens is 444 g/mol. The lowest BCUT2D eigenvalue weighted by atomic mass is 10.1. The number of unbranched alkanes of at least 4 members (excludes halogenated alkanes) is 6. The highest BCUT2D eigenvalue weighted by Gasteiger charge is 2.23. The number of carbonyl (C=O) groups excluding carboxylic acids is 1. The topological polar surface area (TPSA) is 63.2 Å². The van der Waals surface area contributed by atoms with Gasteiger partial charge >= 0.3 is 5.97 Å². The average Bonchev–Trinajstić information content (AvgIpc) is 3.41. The summed E-state index contributed by atoms with van der Waals surface area (Å²) in [5, 5.41) is 0. The first kappa shape index (κ1) is 27.4. The molecule has 3 rings (SSSR count). The molecule has 2 unspecified atom stereocenters. The highest BCUT2D eigenvalue weighted by molar-refractivity contribution is 5.89. The minimum atomic E-state index is -0.450. The fraction of sp³-hybridized carbons (Fsp3) is 0.621. The maximum atomic E-state index is 12.4. The molecule has 2 fully saturated rings. The van der Waals surface area contributed by atoms with E-state index in [-0.39, 0.29) is 18.5 Å². The second kappa shape index (κ2) is 17.3. The Labute approximate surface area is 210 Å². The molecule has 35 heavy (non-hydrogen) atoms. The van der Waals surface area contributed by atoms with E-state index in [0.717, 1.165) is 45.3 Å². The molecule has 2 atom stereocenters. The van der Waals surface area contributed by atoms with E-state index in [4.69, 9.17) is 23.7 Å². The minimum Gasteiger partial charge on any atom is -0.454 e. The van der Waals surface area contributed by atoms with Crippen molar-refractivity contribution in [2.75, 3.05) is 26.4 Å². The Morgan fingerprint density at radius 2 is 1.74 bits per heavy atom. The molecule has 6 heteroatoms. The van der Waals surface area contributed by atoms with E-state index in [1.807, 2.05) is 24.3 Å². The van der Waals surface area contributed by atoms with Crippen molar-refractivity contribution in [3.63, 3.8) is 0 Å². The van der Waals surface area contributed by atoms with Gasteiger partial charge in [0.05, 0.1) is 18.8 Å². The number of benzene rings is 1. The van der Waals surface area contributed by atoms with Crippen LogP contribution in [0.3, 0.4) is 0 Å². The summed E-state index contributed by atoms with van der Waals surface area (Å²) in [6.45, 7) is 2.78. The summed E-state index contributed by atoms with van der Waals surface area (Å²) in [5.41, 5.74) is 0.524. The molecule has 2 aliphatic rings. The first-order chi connectivity index (χ1) is 17.3. The summed E-state index contributed by atoms with van der Waals surface area (Å²) in [5.74, 6) is 5.90.